The van der Waals surface area contributed by atoms with E-state index in [1.54, 1.807) is 42.5 Å². The minimum absolute atomic E-state index is 0.105. The number of carbonyl (C=O) groups excluding carboxylic acids is 2. The fourth-order valence-electron chi connectivity index (χ4n) is 3.15. The van der Waals surface area contributed by atoms with Crippen molar-refractivity contribution >= 4 is 17.8 Å². The van der Waals surface area contributed by atoms with Gasteiger partial charge in [0.2, 0.25) is 12.6 Å². The SMILES string of the molecule is CCOc1cc(C=CC(=O)c2ccc3c(c2)OCO3)ccc1OCc1ccc(C(=O)OC)o1. The number of hydrogen-bond donors (Lipinski definition) is 0. The molecule has 0 unspecified atom stereocenters. The summed E-state index contributed by atoms with van der Waals surface area (Å²) < 4.78 is 32.1. The smallest absolute Gasteiger partial charge is 0.373 e. The molecule has 170 valence electrons. The Bertz CT molecular complexity index is 1190. The molecule has 1 aliphatic rings. The average Bonchev–Trinajstić information content (AvgIpc) is 3.50. The summed E-state index contributed by atoms with van der Waals surface area (Å²) in [5, 5.41) is 0. The van der Waals surface area contributed by atoms with E-state index in [-0.39, 0.29) is 24.9 Å². The Labute approximate surface area is 190 Å². The van der Waals surface area contributed by atoms with Crippen LogP contribution >= 0.6 is 0 Å². The van der Waals surface area contributed by atoms with Gasteiger partial charge in [-0.2, -0.15) is 0 Å². The highest BCUT2D eigenvalue weighted by Crippen LogP contribution is 2.33. The highest BCUT2D eigenvalue weighted by atomic mass is 16.7. The van der Waals surface area contributed by atoms with Crippen molar-refractivity contribution in [1.82, 2.24) is 0 Å². The summed E-state index contributed by atoms with van der Waals surface area (Å²) in [7, 11) is 1.29. The van der Waals surface area contributed by atoms with Crippen LogP contribution in [0.2, 0.25) is 0 Å². The van der Waals surface area contributed by atoms with Crippen LogP contribution in [0.3, 0.4) is 0 Å². The molecular weight excluding hydrogens is 428 g/mol. The zero-order chi connectivity index (χ0) is 23.2. The molecule has 1 aliphatic heterocycles. The van der Waals surface area contributed by atoms with Gasteiger partial charge < -0.3 is 28.1 Å². The van der Waals surface area contributed by atoms with Gasteiger partial charge in [-0.25, -0.2) is 4.79 Å². The molecule has 8 nitrogen and oxygen atoms in total. The van der Waals surface area contributed by atoms with Crippen molar-refractivity contribution in [3.8, 4) is 23.0 Å². The van der Waals surface area contributed by atoms with Crippen LogP contribution in [-0.4, -0.2) is 32.3 Å². The van der Waals surface area contributed by atoms with Crippen molar-refractivity contribution in [3.63, 3.8) is 0 Å². The van der Waals surface area contributed by atoms with Crippen LogP contribution in [0.25, 0.3) is 6.08 Å². The Morgan fingerprint density at radius 2 is 1.82 bits per heavy atom. The van der Waals surface area contributed by atoms with E-state index < -0.39 is 5.97 Å². The van der Waals surface area contributed by atoms with Crippen molar-refractivity contribution in [3.05, 3.63) is 77.3 Å². The van der Waals surface area contributed by atoms with Crippen LogP contribution in [0.5, 0.6) is 23.0 Å². The van der Waals surface area contributed by atoms with Crippen LogP contribution in [-0.2, 0) is 11.3 Å². The van der Waals surface area contributed by atoms with E-state index in [0.717, 1.165) is 5.56 Å². The predicted octanol–water partition coefficient (Wildman–Crippen LogP) is 4.67. The summed E-state index contributed by atoms with van der Waals surface area (Å²) >= 11 is 0. The first-order valence-electron chi connectivity index (χ1n) is 10.3. The summed E-state index contributed by atoms with van der Waals surface area (Å²) in [4.78, 5) is 24.1. The van der Waals surface area contributed by atoms with E-state index in [1.165, 1.54) is 19.3 Å². The third-order valence-corrected chi connectivity index (χ3v) is 4.77. The molecule has 0 atom stereocenters. The van der Waals surface area contributed by atoms with Gasteiger partial charge in [-0.15, -0.1) is 0 Å². The predicted molar refractivity (Wildman–Crippen MR) is 118 cm³/mol. The molecular formula is C25H22O8. The van der Waals surface area contributed by atoms with Crippen LogP contribution in [0, 0.1) is 0 Å². The second-order valence-corrected chi connectivity index (χ2v) is 6.95. The lowest BCUT2D eigenvalue weighted by atomic mass is 10.1. The van der Waals surface area contributed by atoms with Crippen molar-refractivity contribution in [2.75, 3.05) is 20.5 Å². The maximum atomic E-state index is 12.5. The fraction of sp³-hybridized carbons (Fsp3) is 0.200. The van der Waals surface area contributed by atoms with E-state index in [1.807, 2.05) is 13.0 Å². The highest BCUT2D eigenvalue weighted by molar-refractivity contribution is 6.07. The maximum absolute atomic E-state index is 12.5. The molecule has 8 heteroatoms. The summed E-state index contributed by atoms with van der Waals surface area (Å²) in [5.74, 6) is 2.08. The largest absolute Gasteiger partial charge is 0.490 e. The number of ether oxygens (including phenoxy) is 5. The number of carbonyl (C=O) groups is 2. The molecule has 0 bridgehead atoms. The van der Waals surface area contributed by atoms with Gasteiger partial charge in [0.25, 0.3) is 0 Å². The van der Waals surface area contributed by atoms with Crippen molar-refractivity contribution in [2.45, 2.75) is 13.5 Å². The normalized spacial score (nSPS) is 12.1. The van der Waals surface area contributed by atoms with Gasteiger partial charge in [-0.1, -0.05) is 12.1 Å². The molecule has 2 heterocycles. The molecule has 0 fully saturated rings. The summed E-state index contributed by atoms with van der Waals surface area (Å²) in [6.45, 7) is 2.57. The van der Waals surface area contributed by atoms with E-state index in [4.69, 9.17) is 23.4 Å². The highest BCUT2D eigenvalue weighted by Gasteiger charge is 2.15. The minimum atomic E-state index is -0.553. The molecule has 3 aromatic rings. The number of rotatable bonds is 9. The number of hydrogen-bond acceptors (Lipinski definition) is 8. The molecule has 1 aromatic heterocycles. The number of allylic oxidation sites excluding steroid dienone is 1. The van der Waals surface area contributed by atoms with Crippen molar-refractivity contribution in [1.29, 1.82) is 0 Å². The number of fused-ring (bicyclic) bond motifs is 1. The van der Waals surface area contributed by atoms with Gasteiger partial charge in [-0.3, -0.25) is 4.79 Å². The van der Waals surface area contributed by atoms with Gasteiger partial charge in [0.05, 0.1) is 13.7 Å². The molecule has 0 aliphatic carbocycles. The Hall–Kier alpha value is -4.20. The van der Waals surface area contributed by atoms with Crippen LogP contribution in [0.4, 0.5) is 0 Å². The van der Waals surface area contributed by atoms with Crippen LogP contribution < -0.4 is 18.9 Å². The van der Waals surface area contributed by atoms with Gasteiger partial charge >= 0.3 is 5.97 Å². The van der Waals surface area contributed by atoms with Crippen molar-refractivity contribution in [2.24, 2.45) is 0 Å². The van der Waals surface area contributed by atoms with E-state index in [2.05, 4.69) is 4.74 Å². The summed E-state index contributed by atoms with van der Waals surface area (Å²) in [5.41, 5.74) is 1.27. The monoisotopic (exact) mass is 450 g/mol. The van der Waals surface area contributed by atoms with Crippen molar-refractivity contribution < 1.29 is 37.7 Å². The quantitative estimate of drug-likeness (QED) is 0.264. The first kappa shape index (κ1) is 22.0. The summed E-state index contributed by atoms with van der Waals surface area (Å²) in [6, 6.07) is 13.6. The third-order valence-electron chi connectivity index (χ3n) is 4.77. The van der Waals surface area contributed by atoms with Gasteiger partial charge in [0, 0.05) is 5.56 Å². The Morgan fingerprint density at radius 3 is 2.64 bits per heavy atom. The molecule has 0 amide bonds. The molecule has 4 rings (SSSR count). The lowest BCUT2D eigenvalue weighted by Crippen LogP contribution is -2.00. The first-order valence-corrected chi connectivity index (χ1v) is 10.3. The zero-order valence-electron chi connectivity index (χ0n) is 18.2. The number of esters is 1. The Kier molecular flexibility index (Phi) is 6.64. The van der Waals surface area contributed by atoms with Crippen LogP contribution in [0.1, 0.15) is 39.2 Å². The Balaban J connectivity index is 1.44. The minimum Gasteiger partial charge on any atom is -0.490 e. The molecule has 33 heavy (non-hydrogen) atoms. The fourth-order valence-corrected chi connectivity index (χ4v) is 3.15. The number of ketones is 1. The van der Waals surface area contributed by atoms with Gasteiger partial charge in [0.15, 0.2) is 28.8 Å². The second-order valence-electron chi connectivity index (χ2n) is 6.95. The van der Waals surface area contributed by atoms with E-state index in [0.29, 0.717) is 40.9 Å². The topological polar surface area (TPSA) is 93.4 Å². The molecule has 0 saturated heterocycles. The number of benzene rings is 2. The molecule has 2 aromatic carbocycles. The van der Waals surface area contributed by atoms with E-state index >= 15 is 0 Å². The third kappa shape index (κ3) is 5.17. The Morgan fingerprint density at radius 1 is 0.970 bits per heavy atom. The molecule has 0 radical (unpaired) electrons. The van der Waals surface area contributed by atoms with Gasteiger partial charge in [-0.05, 0) is 61.0 Å². The lowest BCUT2D eigenvalue weighted by molar-refractivity contribution is 0.0560. The summed E-state index contributed by atoms with van der Waals surface area (Å²) in [6.07, 6.45) is 3.19. The molecule has 0 spiro atoms. The first-order chi connectivity index (χ1) is 16.1. The molecule has 0 N–H and O–H groups in total. The second kappa shape index (κ2) is 9.95. The van der Waals surface area contributed by atoms with E-state index in [9.17, 15) is 9.59 Å². The number of furan rings is 1. The number of methoxy groups -OCH3 is 1. The molecule has 0 saturated carbocycles. The zero-order valence-corrected chi connectivity index (χ0v) is 18.2. The van der Waals surface area contributed by atoms with Crippen LogP contribution in [0.15, 0.2) is 59.0 Å². The standard InChI is InChI=1S/C25H22O8/c1-3-29-23-12-16(4-8-19(26)17-6-10-21-24(13-17)32-15-31-21)5-9-20(23)30-14-18-7-11-22(33-18)25(27)28-2/h4-13H,3,14-15H2,1-2H3. The lowest BCUT2D eigenvalue weighted by Gasteiger charge is -2.12. The maximum Gasteiger partial charge on any atom is 0.373 e. The van der Waals surface area contributed by atoms with Gasteiger partial charge in [0.1, 0.15) is 12.4 Å². The average molecular weight is 450 g/mol.